The lowest BCUT2D eigenvalue weighted by atomic mass is 9.75. The highest BCUT2D eigenvalue weighted by Gasteiger charge is 2.23. The van der Waals surface area contributed by atoms with Crippen LogP contribution in [0.5, 0.6) is 17.2 Å². The number of para-hydroxylation sites is 1. The van der Waals surface area contributed by atoms with E-state index < -0.39 is 17.2 Å². The Labute approximate surface area is 313 Å². The summed E-state index contributed by atoms with van der Waals surface area (Å²) < 4.78 is 6.25. The van der Waals surface area contributed by atoms with Crippen molar-refractivity contribution in [1.29, 1.82) is 0 Å². The van der Waals surface area contributed by atoms with E-state index in [4.69, 9.17) is 20.1 Å². The Morgan fingerprint density at radius 1 is 0.333 bits per heavy atom. The van der Waals surface area contributed by atoms with Crippen LogP contribution in [0.15, 0.2) is 156 Å². The highest BCUT2D eigenvalue weighted by molar-refractivity contribution is 6.47. The van der Waals surface area contributed by atoms with E-state index in [1.165, 1.54) is 0 Å². The molecule has 0 saturated carbocycles. The maximum atomic E-state index is 10.6. The summed E-state index contributed by atoms with van der Waals surface area (Å²) in [5, 5.41) is 39.8. The molecule has 10 aromatic rings. The van der Waals surface area contributed by atoms with Crippen molar-refractivity contribution in [2.75, 3.05) is 0 Å². The molecule has 54 heavy (non-hydrogen) atoms. The third-order valence-corrected chi connectivity index (χ3v) is 10.8. The number of rotatable bonds is 4. The number of aromatic hydroxyl groups is 3. The molecule has 0 amide bonds. The first-order valence-electron chi connectivity index (χ1n) is 17.7. The molecule has 10 rings (SSSR count). The minimum Gasteiger partial charge on any atom is -0.505 e. The van der Waals surface area contributed by atoms with Crippen LogP contribution in [0.25, 0.3) is 98.8 Å². The SMILES string of the molecule is [B]c1c(O)c(O)c(O)c([B])c1-c1ccc(-c2c3ccccc3c(-c3cccc(-c4ccc5c(c4)oc4ccccc45)c3)c3ccccc23)c2ccccc12. The first-order valence-corrected chi connectivity index (χ1v) is 17.7. The number of fused-ring (bicyclic) bond motifs is 6. The molecule has 0 aliphatic heterocycles. The smallest absolute Gasteiger partial charge is 0.199 e. The number of benzene rings is 9. The summed E-state index contributed by atoms with van der Waals surface area (Å²) >= 11 is 0. The fourth-order valence-electron chi connectivity index (χ4n) is 8.26. The standard InChI is InChI=1S/C48H28B2O4/c49-44-43(45(50)47(52)48(53)46(44)51)38-23-22-37(29-12-1-2-13-30(29)38)42-35-17-5-3-15-33(35)41(34-16-4-6-18-36(34)42)28-11-9-10-26(24-28)27-20-21-32-31-14-7-8-19-39(31)54-40(32)25-27/h1-25,51-53H. The largest absolute Gasteiger partial charge is 0.505 e. The molecule has 0 bridgehead atoms. The molecule has 4 radical (unpaired) electrons. The zero-order valence-electron chi connectivity index (χ0n) is 28.8. The Morgan fingerprint density at radius 3 is 1.41 bits per heavy atom. The predicted molar refractivity (Wildman–Crippen MR) is 224 cm³/mol. The zero-order valence-corrected chi connectivity index (χ0v) is 28.8. The van der Waals surface area contributed by atoms with Gasteiger partial charge in [-0.25, -0.2) is 0 Å². The Balaban J connectivity index is 1.20. The maximum Gasteiger partial charge on any atom is 0.199 e. The molecule has 1 aromatic heterocycles. The summed E-state index contributed by atoms with van der Waals surface area (Å²) in [4.78, 5) is 0. The lowest BCUT2D eigenvalue weighted by Gasteiger charge is -2.21. The quantitative estimate of drug-likeness (QED) is 0.0977. The number of phenolic OH excluding ortho intramolecular Hbond substituents is 3. The highest BCUT2D eigenvalue weighted by Crippen LogP contribution is 2.47. The van der Waals surface area contributed by atoms with Crippen LogP contribution in [0.1, 0.15) is 0 Å². The van der Waals surface area contributed by atoms with Crippen molar-refractivity contribution in [3.63, 3.8) is 0 Å². The van der Waals surface area contributed by atoms with Gasteiger partial charge in [0.15, 0.2) is 17.2 Å². The predicted octanol–water partition coefficient (Wildman–Crippen LogP) is 10.4. The van der Waals surface area contributed by atoms with Crippen molar-refractivity contribution in [3.05, 3.63) is 152 Å². The first-order chi connectivity index (χ1) is 26.4. The summed E-state index contributed by atoms with van der Waals surface area (Å²) in [7, 11) is 12.7. The molecular formula is C48H28B2O4. The Kier molecular flexibility index (Phi) is 7.11. The van der Waals surface area contributed by atoms with Gasteiger partial charge in [0.1, 0.15) is 26.9 Å². The molecule has 0 aliphatic carbocycles. The number of hydrogen-bond donors (Lipinski definition) is 3. The normalized spacial score (nSPS) is 11.7. The minimum absolute atomic E-state index is 0.110. The van der Waals surface area contributed by atoms with E-state index in [1.54, 1.807) is 0 Å². The van der Waals surface area contributed by atoms with Crippen LogP contribution in [0.3, 0.4) is 0 Å². The van der Waals surface area contributed by atoms with Crippen molar-refractivity contribution in [1.82, 2.24) is 0 Å². The number of furan rings is 1. The van der Waals surface area contributed by atoms with Gasteiger partial charge in [-0.1, -0.05) is 127 Å². The monoisotopic (exact) mass is 690 g/mol. The summed E-state index contributed by atoms with van der Waals surface area (Å²) in [6.07, 6.45) is 0. The maximum absolute atomic E-state index is 10.6. The van der Waals surface area contributed by atoms with Gasteiger partial charge in [0.25, 0.3) is 0 Å². The summed E-state index contributed by atoms with van der Waals surface area (Å²) in [5.41, 5.74) is 8.92. The van der Waals surface area contributed by atoms with E-state index in [-0.39, 0.29) is 16.5 Å². The van der Waals surface area contributed by atoms with Crippen LogP contribution in [0.2, 0.25) is 0 Å². The van der Waals surface area contributed by atoms with Crippen LogP contribution < -0.4 is 10.9 Å². The molecule has 1 heterocycles. The third-order valence-electron chi connectivity index (χ3n) is 10.8. The fourth-order valence-corrected chi connectivity index (χ4v) is 8.26. The Morgan fingerprint density at radius 2 is 0.796 bits per heavy atom. The first kappa shape index (κ1) is 31.8. The molecule has 0 unspecified atom stereocenters. The highest BCUT2D eigenvalue weighted by atomic mass is 16.3. The van der Waals surface area contributed by atoms with Gasteiger partial charge in [0, 0.05) is 10.8 Å². The molecule has 0 saturated heterocycles. The van der Waals surface area contributed by atoms with Crippen molar-refractivity contribution < 1.29 is 19.7 Å². The lowest BCUT2D eigenvalue weighted by molar-refractivity contribution is 0.372. The molecular weight excluding hydrogens is 662 g/mol. The zero-order chi connectivity index (χ0) is 36.7. The summed E-state index contributed by atoms with van der Waals surface area (Å²) in [6.45, 7) is 0. The van der Waals surface area contributed by atoms with Crippen LogP contribution in [-0.4, -0.2) is 31.0 Å². The minimum atomic E-state index is -0.745. The van der Waals surface area contributed by atoms with Crippen LogP contribution in [0, 0.1) is 0 Å². The van der Waals surface area contributed by atoms with Gasteiger partial charge in [-0.15, -0.1) is 0 Å². The van der Waals surface area contributed by atoms with Gasteiger partial charge in [-0.2, -0.15) is 0 Å². The van der Waals surface area contributed by atoms with Gasteiger partial charge in [-0.3, -0.25) is 0 Å². The second-order valence-corrected chi connectivity index (χ2v) is 13.7. The van der Waals surface area contributed by atoms with E-state index in [1.807, 2.05) is 48.5 Å². The molecule has 0 spiro atoms. The van der Waals surface area contributed by atoms with Gasteiger partial charge >= 0.3 is 0 Å². The van der Waals surface area contributed by atoms with Gasteiger partial charge < -0.3 is 19.7 Å². The van der Waals surface area contributed by atoms with Crippen LogP contribution >= 0.6 is 0 Å². The molecule has 9 aromatic carbocycles. The topological polar surface area (TPSA) is 73.8 Å². The van der Waals surface area contributed by atoms with Gasteiger partial charge in [0.2, 0.25) is 0 Å². The molecule has 3 N–H and O–H groups in total. The Hall–Kier alpha value is -6.91. The van der Waals surface area contributed by atoms with Crippen LogP contribution in [-0.2, 0) is 0 Å². The van der Waals surface area contributed by atoms with Crippen LogP contribution in [0.4, 0.5) is 0 Å². The number of hydrogen-bond acceptors (Lipinski definition) is 4. The number of phenols is 3. The average molecular weight is 690 g/mol. The second-order valence-electron chi connectivity index (χ2n) is 13.7. The van der Waals surface area contributed by atoms with Crippen molar-refractivity contribution >= 4 is 80.9 Å². The molecule has 250 valence electrons. The van der Waals surface area contributed by atoms with E-state index in [0.29, 0.717) is 5.56 Å². The molecule has 0 fully saturated rings. The summed E-state index contributed by atoms with van der Waals surface area (Å²) in [5.74, 6) is -1.97. The third kappa shape index (κ3) is 4.66. The van der Waals surface area contributed by atoms with E-state index >= 15 is 0 Å². The van der Waals surface area contributed by atoms with Crippen molar-refractivity contribution in [2.24, 2.45) is 0 Å². The Bertz CT molecular complexity index is 3090. The average Bonchev–Trinajstić information content (AvgIpc) is 3.59. The van der Waals surface area contributed by atoms with Crippen molar-refractivity contribution in [2.45, 2.75) is 0 Å². The molecule has 4 nitrogen and oxygen atoms in total. The van der Waals surface area contributed by atoms with Gasteiger partial charge in [-0.05, 0) is 112 Å². The summed E-state index contributed by atoms with van der Waals surface area (Å²) in [6, 6.07) is 52.2. The van der Waals surface area contributed by atoms with E-state index in [0.717, 1.165) is 87.6 Å². The molecule has 0 aliphatic rings. The van der Waals surface area contributed by atoms with E-state index in [9.17, 15) is 15.3 Å². The fraction of sp³-hybridized carbons (Fsp3) is 0. The molecule has 6 heteroatoms. The van der Waals surface area contributed by atoms with Crippen molar-refractivity contribution in [3.8, 4) is 61.8 Å². The van der Waals surface area contributed by atoms with E-state index in [2.05, 4.69) is 103 Å². The van der Waals surface area contributed by atoms with Gasteiger partial charge in [0.05, 0.1) is 0 Å². The second kappa shape index (κ2) is 12.1. The molecule has 0 atom stereocenters. The lowest BCUT2D eigenvalue weighted by Crippen LogP contribution is -2.20.